The molecule has 4 rings (SSSR count). The maximum Gasteiger partial charge on any atom is 0.338 e. The van der Waals surface area contributed by atoms with Gasteiger partial charge in [0.15, 0.2) is 0 Å². The van der Waals surface area contributed by atoms with Crippen molar-refractivity contribution in [3.63, 3.8) is 0 Å². The molecule has 0 radical (unpaired) electrons. The maximum absolute atomic E-state index is 12.6. The third kappa shape index (κ3) is 4.84. The van der Waals surface area contributed by atoms with Crippen LogP contribution in [0.15, 0.2) is 65.7 Å². The van der Waals surface area contributed by atoms with Crippen molar-refractivity contribution in [1.82, 2.24) is 9.29 Å². The van der Waals surface area contributed by atoms with E-state index in [4.69, 9.17) is 14.2 Å². The quantitative estimate of drug-likeness (QED) is 0.410. The average molecular weight is 442 g/mol. The van der Waals surface area contributed by atoms with Gasteiger partial charge in [0, 0.05) is 24.7 Å². The van der Waals surface area contributed by atoms with Crippen LogP contribution < -0.4 is 4.74 Å². The van der Waals surface area contributed by atoms with Crippen molar-refractivity contribution in [3.8, 4) is 5.75 Å². The van der Waals surface area contributed by atoms with Crippen molar-refractivity contribution in [2.45, 2.75) is 4.90 Å². The molecule has 31 heavy (non-hydrogen) atoms. The van der Waals surface area contributed by atoms with Crippen molar-refractivity contribution < 1.29 is 27.4 Å². The van der Waals surface area contributed by atoms with E-state index in [-0.39, 0.29) is 18.1 Å². The number of ether oxygens (including phenoxy) is 3. The predicted octanol–water partition coefficient (Wildman–Crippen LogP) is 2.49. The van der Waals surface area contributed by atoms with Crippen molar-refractivity contribution in [2.24, 2.45) is 0 Å². The molecule has 8 nitrogen and oxygen atoms in total. The summed E-state index contributed by atoms with van der Waals surface area (Å²) in [4.78, 5) is 16.8. The van der Waals surface area contributed by atoms with Gasteiger partial charge in [0.2, 0.25) is 10.0 Å². The lowest BCUT2D eigenvalue weighted by molar-refractivity contribution is 0.0452. The van der Waals surface area contributed by atoms with Gasteiger partial charge in [0.05, 0.1) is 29.2 Å². The fourth-order valence-electron chi connectivity index (χ4n) is 3.30. The van der Waals surface area contributed by atoms with Crippen LogP contribution in [0.5, 0.6) is 5.75 Å². The van der Waals surface area contributed by atoms with Crippen LogP contribution in [0.3, 0.4) is 0 Å². The zero-order valence-corrected chi connectivity index (χ0v) is 17.6. The van der Waals surface area contributed by atoms with E-state index in [0.717, 1.165) is 10.9 Å². The highest BCUT2D eigenvalue weighted by Gasteiger charge is 2.26. The maximum atomic E-state index is 12.6. The van der Waals surface area contributed by atoms with Crippen molar-refractivity contribution in [2.75, 3.05) is 39.5 Å². The average Bonchev–Trinajstić information content (AvgIpc) is 2.82. The molecule has 1 fully saturated rings. The number of hydrogen-bond donors (Lipinski definition) is 0. The summed E-state index contributed by atoms with van der Waals surface area (Å²) in [7, 11) is -3.54. The van der Waals surface area contributed by atoms with E-state index in [2.05, 4.69) is 4.98 Å². The number of sulfonamides is 1. The largest absolute Gasteiger partial charge is 0.490 e. The smallest absolute Gasteiger partial charge is 0.338 e. The second kappa shape index (κ2) is 9.42. The molecule has 1 aromatic heterocycles. The van der Waals surface area contributed by atoms with E-state index in [1.807, 2.05) is 12.1 Å². The number of benzene rings is 2. The number of morpholine rings is 1. The molecule has 9 heteroatoms. The summed E-state index contributed by atoms with van der Waals surface area (Å²) in [5.74, 6) is 0.0421. The molecule has 0 aliphatic carbocycles. The van der Waals surface area contributed by atoms with Gasteiger partial charge in [0.1, 0.15) is 19.0 Å². The third-order valence-electron chi connectivity index (χ3n) is 4.88. The Hall–Kier alpha value is -3.01. The Morgan fingerprint density at radius 3 is 2.55 bits per heavy atom. The van der Waals surface area contributed by atoms with E-state index >= 15 is 0 Å². The Morgan fingerprint density at radius 2 is 1.77 bits per heavy atom. The Balaban J connectivity index is 1.30. The summed E-state index contributed by atoms with van der Waals surface area (Å²) in [6.45, 7) is 1.69. The Morgan fingerprint density at radius 1 is 1.00 bits per heavy atom. The van der Waals surface area contributed by atoms with Crippen molar-refractivity contribution in [3.05, 3.63) is 66.4 Å². The van der Waals surface area contributed by atoms with E-state index in [9.17, 15) is 13.2 Å². The topological polar surface area (TPSA) is 95.0 Å². The van der Waals surface area contributed by atoms with Crippen LogP contribution in [-0.4, -0.2) is 63.2 Å². The van der Waals surface area contributed by atoms with Crippen molar-refractivity contribution >= 4 is 26.9 Å². The summed E-state index contributed by atoms with van der Waals surface area (Å²) in [5.41, 5.74) is 1.17. The number of nitrogens with zero attached hydrogens (tertiary/aromatic N) is 2. The molecule has 0 amide bonds. The number of pyridine rings is 1. The van der Waals surface area contributed by atoms with Crippen LogP contribution >= 0.6 is 0 Å². The standard InChI is InChI=1S/C22H22N2O6S/c25-22(20-3-1-5-21-19(20)4-2-10-23-21)30-16-15-29-17-6-8-18(9-7-17)31(26,27)24-11-13-28-14-12-24/h1-10H,11-16H2. The van der Waals surface area contributed by atoms with Gasteiger partial charge in [0.25, 0.3) is 0 Å². The molecular weight excluding hydrogens is 420 g/mol. The first kappa shape index (κ1) is 21.2. The third-order valence-corrected chi connectivity index (χ3v) is 6.80. The van der Waals surface area contributed by atoms with Crippen LogP contribution in [0.25, 0.3) is 10.9 Å². The minimum absolute atomic E-state index is 0.0588. The highest BCUT2D eigenvalue weighted by atomic mass is 32.2. The number of carbonyl (C=O) groups is 1. The number of fused-ring (bicyclic) bond motifs is 1. The van der Waals surface area contributed by atoms with Gasteiger partial charge in [-0.05, 0) is 42.5 Å². The van der Waals surface area contributed by atoms with Crippen LogP contribution in [-0.2, 0) is 19.5 Å². The van der Waals surface area contributed by atoms with E-state index < -0.39 is 16.0 Å². The van der Waals surface area contributed by atoms with Gasteiger partial charge in [-0.1, -0.05) is 12.1 Å². The summed E-state index contributed by atoms with van der Waals surface area (Å²) in [5, 5.41) is 0.730. The van der Waals surface area contributed by atoms with E-state index in [1.165, 1.54) is 16.4 Å². The Labute approximate surface area is 180 Å². The summed E-state index contributed by atoms with van der Waals surface area (Å²) >= 11 is 0. The summed E-state index contributed by atoms with van der Waals surface area (Å²) in [6.07, 6.45) is 1.67. The molecule has 0 atom stereocenters. The number of aromatic nitrogens is 1. The fraction of sp³-hybridized carbons (Fsp3) is 0.273. The highest BCUT2D eigenvalue weighted by Crippen LogP contribution is 2.21. The molecule has 0 bridgehead atoms. The lowest BCUT2D eigenvalue weighted by Gasteiger charge is -2.26. The van der Waals surface area contributed by atoms with Gasteiger partial charge in [-0.15, -0.1) is 0 Å². The normalized spacial score (nSPS) is 15.0. The zero-order valence-electron chi connectivity index (χ0n) is 16.8. The van der Waals surface area contributed by atoms with Crippen molar-refractivity contribution in [1.29, 1.82) is 0 Å². The number of hydrogen-bond acceptors (Lipinski definition) is 7. The Kier molecular flexibility index (Phi) is 6.45. The molecule has 162 valence electrons. The molecular formula is C22H22N2O6S. The second-order valence-electron chi connectivity index (χ2n) is 6.85. The van der Waals surface area contributed by atoms with Crippen LogP contribution in [0.4, 0.5) is 0 Å². The van der Waals surface area contributed by atoms with Crippen LogP contribution in [0.1, 0.15) is 10.4 Å². The van der Waals surface area contributed by atoms with E-state index in [1.54, 1.807) is 36.5 Å². The molecule has 2 heterocycles. The molecule has 0 saturated carbocycles. The second-order valence-corrected chi connectivity index (χ2v) is 8.79. The van der Waals surface area contributed by atoms with Gasteiger partial charge in [-0.3, -0.25) is 4.98 Å². The Bertz CT molecular complexity index is 1150. The molecule has 1 aliphatic heterocycles. The molecule has 3 aromatic rings. The number of esters is 1. The van der Waals surface area contributed by atoms with Gasteiger partial charge >= 0.3 is 5.97 Å². The minimum atomic E-state index is -3.54. The number of rotatable bonds is 7. The molecule has 0 N–H and O–H groups in total. The van der Waals surface area contributed by atoms with Gasteiger partial charge < -0.3 is 14.2 Å². The first-order chi connectivity index (χ1) is 15.1. The first-order valence-electron chi connectivity index (χ1n) is 9.87. The lowest BCUT2D eigenvalue weighted by atomic mass is 10.1. The highest BCUT2D eigenvalue weighted by molar-refractivity contribution is 7.89. The first-order valence-corrected chi connectivity index (χ1v) is 11.3. The predicted molar refractivity (Wildman–Crippen MR) is 114 cm³/mol. The minimum Gasteiger partial charge on any atom is -0.490 e. The summed E-state index contributed by atoms with van der Waals surface area (Å²) < 4.78 is 42.8. The van der Waals surface area contributed by atoms with Gasteiger partial charge in [-0.2, -0.15) is 4.31 Å². The molecule has 1 saturated heterocycles. The van der Waals surface area contributed by atoms with Crippen LogP contribution in [0, 0.1) is 0 Å². The number of carbonyl (C=O) groups excluding carboxylic acids is 1. The van der Waals surface area contributed by atoms with Crippen LogP contribution in [0.2, 0.25) is 0 Å². The monoisotopic (exact) mass is 442 g/mol. The SMILES string of the molecule is O=C(OCCOc1ccc(S(=O)(=O)N2CCOCC2)cc1)c1cccc2ncccc12. The molecule has 0 spiro atoms. The molecule has 2 aromatic carbocycles. The summed E-state index contributed by atoms with van der Waals surface area (Å²) in [6, 6.07) is 15.1. The van der Waals surface area contributed by atoms with Gasteiger partial charge in [-0.25, -0.2) is 13.2 Å². The molecule has 0 unspecified atom stereocenters. The van der Waals surface area contributed by atoms with E-state index in [0.29, 0.717) is 37.6 Å². The zero-order chi connectivity index (χ0) is 21.7. The molecule has 1 aliphatic rings. The lowest BCUT2D eigenvalue weighted by Crippen LogP contribution is -2.40. The fourth-order valence-corrected chi connectivity index (χ4v) is 4.70.